The van der Waals surface area contributed by atoms with Crippen LogP contribution in [0.15, 0.2) is 47.2 Å². The van der Waals surface area contributed by atoms with Crippen molar-refractivity contribution in [2.45, 2.75) is 19.5 Å². The predicted molar refractivity (Wildman–Crippen MR) is 80.2 cm³/mol. The van der Waals surface area contributed by atoms with E-state index < -0.39 is 0 Å². The third-order valence-electron chi connectivity index (χ3n) is 3.04. The molecular formula is C15H17BrN2O. The van der Waals surface area contributed by atoms with Gasteiger partial charge in [-0.2, -0.15) is 0 Å². The minimum atomic E-state index is 0.256. The minimum Gasteiger partial charge on any atom is -0.497 e. The van der Waals surface area contributed by atoms with Crippen LogP contribution in [-0.2, 0) is 6.54 Å². The lowest BCUT2D eigenvalue weighted by atomic mass is 10.1. The fraction of sp³-hybridized carbons (Fsp3) is 0.267. The van der Waals surface area contributed by atoms with Crippen LogP contribution in [0.25, 0.3) is 0 Å². The summed E-state index contributed by atoms with van der Waals surface area (Å²) in [6.45, 7) is 2.90. The van der Waals surface area contributed by atoms with E-state index in [-0.39, 0.29) is 6.04 Å². The van der Waals surface area contributed by atoms with Crippen molar-refractivity contribution in [1.82, 2.24) is 10.3 Å². The molecule has 1 aromatic carbocycles. The summed E-state index contributed by atoms with van der Waals surface area (Å²) in [5.41, 5.74) is 2.36. The van der Waals surface area contributed by atoms with Crippen LogP contribution in [-0.4, -0.2) is 12.1 Å². The molecule has 2 aromatic rings. The first-order valence-corrected chi connectivity index (χ1v) is 6.95. The normalized spacial score (nSPS) is 12.2. The molecule has 4 heteroatoms. The summed E-state index contributed by atoms with van der Waals surface area (Å²) in [6, 6.07) is 10.3. The second kappa shape index (κ2) is 6.68. The highest BCUT2D eigenvalue weighted by Crippen LogP contribution is 2.23. The van der Waals surface area contributed by atoms with E-state index in [1.807, 2.05) is 30.5 Å². The van der Waals surface area contributed by atoms with Crippen LogP contribution in [0.2, 0.25) is 0 Å². The van der Waals surface area contributed by atoms with Gasteiger partial charge in [-0.1, -0.05) is 22.0 Å². The van der Waals surface area contributed by atoms with E-state index in [4.69, 9.17) is 4.74 Å². The van der Waals surface area contributed by atoms with Gasteiger partial charge in [0.05, 0.1) is 7.11 Å². The van der Waals surface area contributed by atoms with E-state index in [1.54, 1.807) is 13.3 Å². The van der Waals surface area contributed by atoms with E-state index in [1.165, 1.54) is 11.1 Å². The Morgan fingerprint density at radius 3 is 2.89 bits per heavy atom. The molecule has 0 saturated carbocycles. The molecule has 0 aliphatic carbocycles. The van der Waals surface area contributed by atoms with Crippen LogP contribution in [0, 0.1) is 0 Å². The summed E-state index contributed by atoms with van der Waals surface area (Å²) in [7, 11) is 1.68. The summed E-state index contributed by atoms with van der Waals surface area (Å²) >= 11 is 3.56. The first-order chi connectivity index (χ1) is 9.20. The van der Waals surface area contributed by atoms with Crippen molar-refractivity contribution in [2.75, 3.05) is 7.11 Å². The lowest BCUT2D eigenvalue weighted by Crippen LogP contribution is -2.18. The maximum absolute atomic E-state index is 5.24. The number of nitrogens with one attached hydrogen (secondary N) is 1. The standard InChI is InChI=1S/C15H17BrN2O/c1-11(12-4-3-7-17-9-12)18-10-13-8-14(19-2)5-6-15(13)16/h3-9,11,18H,10H2,1-2H3/t11-/m0/s1. The van der Waals surface area contributed by atoms with Gasteiger partial charge in [-0.3, -0.25) is 4.98 Å². The number of hydrogen-bond acceptors (Lipinski definition) is 3. The molecule has 0 bridgehead atoms. The maximum Gasteiger partial charge on any atom is 0.119 e. The SMILES string of the molecule is COc1ccc(Br)c(CN[C@@H](C)c2cccnc2)c1. The molecule has 0 unspecified atom stereocenters. The second-order valence-corrected chi connectivity index (χ2v) is 5.20. The number of aromatic nitrogens is 1. The molecule has 100 valence electrons. The van der Waals surface area contributed by atoms with E-state index >= 15 is 0 Å². The highest BCUT2D eigenvalue weighted by Gasteiger charge is 2.07. The molecule has 19 heavy (non-hydrogen) atoms. The molecule has 1 N–H and O–H groups in total. The van der Waals surface area contributed by atoms with Crippen LogP contribution < -0.4 is 10.1 Å². The van der Waals surface area contributed by atoms with Gasteiger partial charge in [-0.15, -0.1) is 0 Å². The summed E-state index contributed by atoms with van der Waals surface area (Å²) in [6.07, 6.45) is 3.67. The number of halogens is 1. The van der Waals surface area contributed by atoms with Gasteiger partial charge in [0.2, 0.25) is 0 Å². The average molecular weight is 321 g/mol. The first-order valence-electron chi connectivity index (χ1n) is 6.16. The summed E-state index contributed by atoms with van der Waals surface area (Å²) in [5, 5.41) is 3.48. The van der Waals surface area contributed by atoms with Gasteiger partial charge in [0.25, 0.3) is 0 Å². The number of pyridine rings is 1. The van der Waals surface area contributed by atoms with Crippen LogP contribution >= 0.6 is 15.9 Å². The number of benzene rings is 1. The van der Waals surface area contributed by atoms with E-state index in [9.17, 15) is 0 Å². The molecule has 0 spiro atoms. The molecule has 3 nitrogen and oxygen atoms in total. The quantitative estimate of drug-likeness (QED) is 0.912. The van der Waals surface area contributed by atoms with Crippen molar-refractivity contribution in [3.8, 4) is 5.75 Å². The van der Waals surface area contributed by atoms with Crippen molar-refractivity contribution >= 4 is 15.9 Å². The Morgan fingerprint density at radius 1 is 1.37 bits per heavy atom. The maximum atomic E-state index is 5.24. The van der Waals surface area contributed by atoms with Crippen LogP contribution in [0.1, 0.15) is 24.1 Å². The number of methoxy groups -OCH3 is 1. The van der Waals surface area contributed by atoms with Gasteiger partial charge >= 0.3 is 0 Å². The molecule has 1 aromatic heterocycles. The van der Waals surface area contributed by atoms with Crippen molar-refractivity contribution in [3.05, 3.63) is 58.3 Å². The molecule has 1 atom stereocenters. The highest BCUT2D eigenvalue weighted by molar-refractivity contribution is 9.10. The topological polar surface area (TPSA) is 34.1 Å². The Hall–Kier alpha value is -1.39. The Kier molecular flexibility index (Phi) is 4.93. The smallest absolute Gasteiger partial charge is 0.119 e. The molecule has 0 fully saturated rings. The second-order valence-electron chi connectivity index (χ2n) is 4.35. The number of ether oxygens (including phenoxy) is 1. The van der Waals surface area contributed by atoms with Gasteiger partial charge in [0.1, 0.15) is 5.75 Å². The summed E-state index contributed by atoms with van der Waals surface area (Å²) in [4.78, 5) is 4.14. The highest BCUT2D eigenvalue weighted by atomic mass is 79.9. The lowest BCUT2D eigenvalue weighted by molar-refractivity contribution is 0.413. The zero-order valence-electron chi connectivity index (χ0n) is 11.1. The predicted octanol–water partition coefficient (Wildman–Crippen LogP) is 3.70. The fourth-order valence-electron chi connectivity index (χ4n) is 1.83. The zero-order valence-corrected chi connectivity index (χ0v) is 12.6. The van der Waals surface area contributed by atoms with E-state index in [0.29, 0.717) is 0 Å². The third kappa shape index (κ3) is 3.78. The van der Waals surface area contributed by atoms with Gasteiger partial charge in [0.15, 0.2) is 0 Å². The van der Waals surface area contributed by atoms with Gasteiger partial charge in [-0.25, -0.2) is 0 Å². The monoisotopic (exact) mass is 320 g/mol. The molecule has 0 radical (unpaired) electrons. The average Bonchev–Trinajstić information content (AvgIpc) is 2.47. The van der Waals surface area contributed by atoms with Crippen molar-refractivity contribution in [3.63, 3.8) is 0 Å². The molecule has 0 aliphatic rings. The van der Waals surface area contributed by atoms with Crippen molar-refractivity contribution < 1.29 is 4.74 Å². The third-order valence-corrected chi connectivity index (χ3v) is 3.81. The minimum absolute atomic E-state index is 0.256. The number of rotatable bonds is 5. The summed E-state index contributed by atoms with van der Waals surface area (Å²) in [5.74, 6) is 0.869. The molecule has 2 rings (SSSR count). The Morgan fingerprint density at radius 2 is 2.21 bits per heavy atom. The van der Waals surface area contributed by atoms with Gasteiger partial charge < -0.3 is 10.1 Å². The van der Waals surface area contributed by atoms with Crippen LogP contribution in [0.3, 0.4) is 0 Å². The summed E-state index contributed by atoms with van der Waals surface area (Å²) < 4.78 is 6.33. The number of nitrogens with zero attached hydrogens (tertiary/aromatic N) is 1. The van der Waals surface area contributed by atoms with Crippen LogP contribution in [0.5, 0.6) is 5.75 Å². The zero-order chi connectivity index (χ0) is 13.7. The lowest BCUT2D eigenvalue weighted by Gasteiger charge is -2.15. The Bertz CT molecular complexity index is 531. The number of hydrogen-bond donors (Lipinski definition) is 1. The van der Waals surface area contributed by atoms with Crippen molar-refractivity contribution in [1.29, 1.82) is 0 Å². The Balaban J connectivity index is 2.02. The first kappa shape index (κ1) is 14.0. The van der Waals surface area contributed by atoms with Gasteiger partial charge in [-0.05, 0) is 42.3 Å². The van der Waals surface area contributed by atoms with Crippen LogP contribution in [0.4, 0.5) is 0 Å². The fourth-order valence-corrected chi connectivity index (χ4v) is 2.21. The van der Waals surface area contributed by atoms with E-state index in [2.05, 4.69) is 39.2 Å². The largest absolute Gasteiger partial charge is 0.497 e. The van der Waals surface area contributed by atoms with E-state index in [0.717, 1.165) is 16.8 Å². The molecule has 1 heterocycles. The molecule has 0 amide bonds. The molecule has 0 saturated heterocycles. The Labute approximate surface area is 122 Å². The molecular weight excluding hydrogens is 304 g/mol. The van der Waals surface area contributed by atoms with Crippen molar-refractivity contribution in [2.24, 2.45) is 0 Å². The van der Waals surface area contributed by atoms with Gasteiger partial charge in [0, 0.05) is 29.5 Å². The molecule has 0 aliphatic heterocycles.